The molecule has 1 aromatic heterocycles. The van der Waals surface area contributed by atoms with E-state index in [0.29, 0.717) is 5.88 Å². The lowest BCUT2D eigenvalue weighted by Crippen LogP contribution is -1.89. The van der Waals surface area contributed by atoms with Crippen molar-refractivity contribution in [2.45, 2.75) is 19.2 Å². The summed E-state index contributed by atoms with van der Waals surface area (Å²) in [5.74, 6) is 0.576. The predicted molar refractivity (Wildman–Crippen MR) is 65.8 cm³/mol. The molecule has 0 amide bonds. The molecule has 0 N–H and O–H groups in total. The number of alkyl halides is 1. The largest absolute Gasteiger partial charge is 0.123 e. The fourth-order valence-electron chi connectivity index (χ4n) is 1.73. The number of fused-ring (bicyclic) bond motifs is 1. The molecule has 2 rings (SSSR count). The summed E-state index contributed by atoms with van der Waals surface area (Å²) in [7, 11) is 0. The Labute approximate surface area is 97.5 Å². The molecule has 0 nitrogen and oxygen atoms in total. The van der Waals surface area contributed by atoms with E-state index in [0.717, 1.165) is 10.8 Å². The maximum Gasteiger partial charge on any atom is 0.0940 e. The van der Waals surface area contributed by atoms with Crippen LogP contribution in [-0.2, 0) is 12.3 Å². The predicted octanol–water partition coefficient (Wildman–Crippen LogP) is 4.86. The van der Waals surface area contributed by atoms with Gasteiger partial charge in [0.25, 0.3) is 0 Å². The molecule has 0 aliphatic heterocycles. The Morgan fingerprint density at radius 2 is 2.14 bits per heavy atom. The molecular weight excluding hydrogens is 235 g/mol. The van der Waals surface area contributed by atoms with Gasteiger partial charge in [-0.15, -0.1) is 22.9 Å². The minimum atomic E-state index is 0.576. The molecule has 3 heteroatoms. The van der Waals surface area contributed by atoms with E-state index in [-0.39, 0.29) is 0 Å². The van der Waals surface area contributed by atoms with Gasteiger partial charge in [0, 0.05) is 10.6 Å². The number of rotatable bonds is 2. The van der Waals surface area contributed by atoms with Gasteiger partial charge in [0.2, 0.25) is 0 Å². The fourth-order valence-corrected chi connectivity index (χ4v) is 3.15. The third-order valence-corrected chi connectivity index (χ3v) is 3.89. The Balaban J connectivity index is 2.75. The number of thiophene rings is 1. The van der Waals surface area contributed by atoms with Crippen LogP contribution in [0.2, 0.25) is 4.34 Å². The summed E-state index contributed by atoms with van der Waals surface area (Å²) in [5.41, 5.74) is 2.55. The summed E-state index contributed by atoms with van der Waals surface area (Å²) in [6.45, 7) is 2.15. The first-order valence-corrected chi connectivity index (χ1v) is 6.25. The minimum Gasteiger partial charge on any atom is -0.123 e. The van der Waals surface area contributed by atoms with Crippen LogP contribution in [0.25, 0.3) is 10.1 Å². The summed E-state index contributed by atoms with van der Waals surface area (Å²) in [5, 5.41) is 1.26. The van der Waals surface area contributed by atoms with E-state index >= 15 is 0 Å². The maximum absolute atomic E-state index is 5.99. The first-order valence-electron chi connectivity index (χ1n) is 4.52. The van der Waals surface area contributed by atoms with Gasteiger partial charge in [-0.3, -0.25) is 0 Å². The minimum absolute atomic E-state index is 0.576. The molecular formula is C11H10Cl2S. The van der Waals surface area contributed by atoms with Crippen molar-refractivity contribution in [2.75, 3.05) is 0 Å². The van der Waals surface area contributed by atoms with E-state index in [1.54, 1.807) is 11.3 Å². The lowest BCUT2D eigenvalue weighted by atomic mass is 10.0. The van der Waals surface area contributed by atoms with Gasteiger partial charge in [-0.1, -0.05) is 24.6 Å². The van der Waals surface area contributed by atoms with Crippen LogP contribution in [0.15, 0.2) is 18.2 Å². The molecule has 1 aromatic carbocycles. The van der Waals surface area contributed by atoms with Crippen molar-refractivity contribution in [3.8, 4) is 0 Å². The number of hydrogen-bond donors (Lipinski definition) is 0. The third kappa shape index (κ3) is 1.65. The van der Waals surface area contributed by atoms with E-state index in [2.05, 4.69) is 19.1 Å². The van der Waals surface area contributed by atoms with Gasteiger partial charge in [0.1, 0.15) is 0 Å². The van der Waals surface area contributed by atoms with Gasteiger partial charge in [-0.2, -0.15) is 0 Å². The molecule has 14 heavy (non-hydrogen) atoms. The van der Waals surface area contributed by atoms with Crippen molar-refractivity contribution in [2.24, 2.45) is 0 Å². The topological polar surface area (TPSA) is 0 Å². The summed E-state index contributed by atoms with van der Waals surface area (Å²) in [6, 6.07) is 6.24. The standard InChI is InChI=1S/C11H10Cl2S/c1-2-8-7(6-12)3-4-10-9(8)5-11(13)14-10/h3-5H,2,6H2,1H3. The van der Waals surface area contributed by atoms with Gasteiger partial charge in [-0.05, 0) is 35.1 Å². The van der Waals surface area contributed by atoms with E-state index in [1.165, 1.54) is 21.2 Å². The van der Waals surface area contributed by atoms with E-state index in [1.807, 2.05) is 6.07 Å². The van der Waals surface area contributed by atoms with E-state index in [4.69, 9.17) is 23.2 Å². The second-order valence-corrected chi connectivity index (χ2v) is 5.14. The zero-order chi connectivity index (χ0) is 10.1. The highest BCUT2D eigenvalue weighted by Crippen LogP contribution is 2.33. The smallest absolute Gasteiger partial charge is 0.0940 e. The Morgan fingerprint density at radius 1 is 1.36 bits per heavy atom. The Kier molecular flexibility index (Phi) is 3.01. The normalized spacial score (nSPS) is 11.1. The highest BCUT2D eigenvalue weighted by atomic mass is 35.5. The fraction of sp³-hybridized carbons (Fsp3) is 0.273. The average molecular weight is 245 g/mol. The van der Waals surface area contributed by atoms with Crippen LogP contribution < -0.4 is 0 Å². The second kappa shape index (κ2) is 4.09. The van der Waals surface area contributed by atoms with Crippen molar-refractivity contribution in [1.82, 2.24) is 0 Å². The summed E-state index contributed by atoms with van der Waals surface area (Å²) in [4.78, 5) is 0. The van der Waals surface area contributed by atoms with Crippen molar-refractivity contribution in [3.63, 3.8) is 0 Å². The second-order valence-electron chi connectivity index (χ2n) is 3.15. The first kappa shape index (κ1) is 10.3. The van der Waals surface area contributed by atoms with Crippen LogP contribution in [0.5, 0.6) is 0 Å². The van der Waals surface area contributed by atoms with Gasteiger partial charge in [0.15, 0.2) is 0 Å². The van der Waals surface area contributed by atoms with Crippen LogP contribution in [0.4, 0.5) is 0 Å². The quantitative estimate of drug-likeness (QED) is 0.663. The molecule has 0 radical (unpaired) electrons. The number of aryl methyl sites for hydroxylation is 1. The monoisotopic (exact) mass is 244 g/mol. The number of halogens is 2. The molecule has 0 unspecified atom stereocenters. The van der Waals surface area contributed by atoms with Gasteiger partial charge >= 0.3 is 0 Å². The Morgan fingerprint density at radius 3 is 2.79 bits per heavy atom. The zero-order valence-corrected chi connectivity index (χ0v) is 10.1. The van der Waals surface area contributed by atoms with Crippen molar-refractivity contribution in [3.05, 3.63) is 33.7 Å². The highest BCUT2D eigenvalue weighted by Gasteiger charge is 2.07. The summed E-state index contributed by atoms with van der Waals surface area (Å²) < 4.78 is 2.10. The van der Waals surface area contributed by atoms with Gasteiger partial charge in [-0.25, -0.2) is 0 Å². The van der Waals surface area contributed by atoms with Crippen LogP contribution in [0.1, 0.15) is 18.1 Å². The molecule has 2 aromatic rings. The van der Waals surface area contributed by atoms with Crippen LogP contribution in [0, 0.1) is 0 Å². The van der Waals surface area contributed by atoms with E-state index in [9.17, 15) is 0 Å². The first-order chi connectivity index (χ1) is 6.76. The van der Waals surface area contributed by atoms with Crippen LogP contribution >= 0.6 is 34.5 Å². The molecule has 74 valence electrons. The summed E-state index contributed by atoms with van der Waals surface area (Å²) in [6.07, 6.45) is 1.01. The zero-order valence-electron chi connectivity index (χ0n) is 7.81. The van der Waals surface area contributed by atoms with Gasteiger partial charge < -0.3 is 0 Å². The Bertz CT molecular complexity index is 460. The molecule has 0 saturated carbocycles. The molecule has 0 saturated heterocycles. The van der Waals surface area contributed by atoms with Crippen molar-refractivity contribution < 1.29 is 0 Å². The third-order valence-electron chi connectivity index (χ3n) is 2.38. The average Bonchev–Trinajstić information content (AvgIpc) is 2.56. The summed E-state index contributed by atoms with van der Waals surface area (Å²) >= 11 is 13.5. The molecule has 0 atom stereocenters. The lowest BCUT2D eigenvalue weighted by Gasteiger charge is -2.05. The number of benzene rings is 1. The SMILES string of the molecule is CCc1c(CCl)ccc2sc(Cl)cc12. The molecule has 0 spiro atoms. The molecule has 0 aliphatic rings. The lowest BCUT2D eigenvalue weighted by molar-refractivity contribution is 1.12. The Hall–Kier alpha value is -0.240. The number of hydrogen-bond acceptors (Lipinski definition) is 1. The highest BCUT2D eigenvalue weighted by molar-refractivity contribution is 7.22. The molecule has 0 aliphatic carbocycles. The molecule has 0 bridgehead atoms. The van der Waals surface area contributed by atoms with Gasteiger partial charge in [0.05, 0.1) is 4.34 Å². The molecule has 1 heterocycles. The van der Waals surface area contributed by atoms with Crippen LogP contribution in [-0.4, -0.2) is 0 Å². The maximum atomic E-state index is 5.99. The van der Waals surface area contributed by atoms with Crippen molar-refractivity contribution in [1.29, 1.82) is 0 Å². The molecule has 0 fully saturated rings. The van der Waals surface area contributed by atoms with Crippen molar-refractivity contribution >= 4 is 44.6 Å². The van der Waals surface area contributed by atoms with E-state index < -0.39 is 0 Å². The van der Waals surface area contributed by atoms with Crippen LogP contribution in [0.3, 0.4) is 0 Å².